The lowest BCUT2D eigenvalue weighted by Gasteiger charge is -2.34. The fourth-order valence-electron chi connectivity index (χ4n) is 4.07. The molecule has 1 fully saturated rings. The molecule has 1 aliphatic rings. The third-order valence-corrected chi connectivity index (χ3v) is 5.69. The summed E-state index contributed by atoms with van der Waals surface area (Å²) in [6.45, 7) is 14.1. The van der Waals surface area contributed by atoms with E-state index in [0.29, 0.717) is 5.92 Å². The molecule has 1 aliphatic heterocycles. The van der Waals surface area contributed by atoms with E-state index in [0.717, 1.165) is 76.4 Å². The maximum Gasteiger partial charge on any atom is 0.225 e. The zero-order valence-electron chi connectivity index (χ0n) is 20.3. The summed E-state index contributed by atoms with van der Waals surface area (Å²) in [5.74, 6) is 2.20. The van der Waals surface area contributed by atoms with Gasteiger partial charge in [0.1, 0.15) is 0 Å². The van der Waals surface area contributed by atoms with Gasteiger partial charge in [0, 0.05) is 90.6 Å². The quantitative estimate of drug-likeness (QED) is 0.362. The summed E-state index contributed by atoms with van der Waals surface area (Å²) in [5.41, 5.74) is 2.42. The maximum atomic E-state index is 4.88. The Kier molecular flexibility index (Phi) is 8.84. The van der Waals surface area contributed by atoms with E-state index in [9.17, 15) is 0 Å². The molecular weight excluding hydrogens is 402 g/mol. The molecule has 0 unspecified atom stereocenters. The van der Waals surface area contributed by atoms with E-state index in [-0.39, 0.29) is 0 Å². The van der Waals surface area contributed by atoms with Gasteiger partial charge in [-0.3, -0.25) is 14.6 Å². The van der Waals surface area contributed by atoms with E-state index in [4.69, 9.17) is 4.99 Å². The van der Waals surface area contributed by atoms with E-state index in [1.54, 1.807) is 0 Å². The minimum absolute atomic E-state index is 0.410. The van der Waals surface area contributed by atoms with Gasteiger partial charge < -0.3 is 15.1 Å². The van der Waals surface area contributed by atoms with Crippen LogP contribution in [0.1, 0.15) is 44.4 Å². The molecule has 2 aromatic rings. The number of piperazine rings is 1. The molecule has 1 saturated heterocycles. The Morgan fingerprint density at radius 1 is 1.19 bits per heavy atom. The van der Waals surface area contributed by atoms with Gasteiger partial charge in [-0.05, 0) is 25.3 Å². The van der Waals surface area contributed by atoms with Crippen LogP contribution in [0.2, 0.25) is 0 Å². The Balaban J connectivity index is 1.46. The Bertz CT molecular complexity index is 838. The van der Waals surface area contributed by atoms with Crippen LogP contribution >= 0.6 is 0 Å². The smallest absolute Gasteiger partial charge is 0.225 e. The largest absolute Gasteiger partial charge is 0.357 e. The minimum Gasteiger partial charge on any atom is -0.357 e. The average Bonchev–Trinajstić information content (AvgIpc) is 3.17. The van der Waals surface area contributed by atoms with Gasteiger partial charge in [-0.15, -0.1) is 0 Å². The van der Waals surface area contributed by atoms with Crippen LogP contribution in [-0.2, 0) is 13.6 Å². The van der Waals surface area contributed by atoms with Crippen molar-refractivity contribution in [3.05, 3.63) is 35.9 Å². The van der Waals surface area contributed by atoms with Gasteiger partial charge in [-0.25, -0.2) is 9.97 Å². The van der Waals surface area contributed by atoms with E-state index in [1.165, 1.54) is 5.56 Å². The Labute approximate surface area is 192 Å². The van der Waals surface area contributed by atoms with Crippen molar-refractivity contribution in [3.63, 3.8) is 0 Å². The Hall–Kier alpha value is -2.68. The lowest BCUT2D eigenvalue weighted by molar-refractivity contribution is 0.255. The molecule has 32 heavy (non-hydrogen) atoms. The van der Waals surface area contributed by atoms with Crippen LogP contribution in [0.15, 0.2) is 29.6 Å². The second-order valence-electron chi connectivity index (χ2n) is 8.69. The van der Waals surface area contributed by atoms with Crippen molar-refractivity contribution in [3.8, 4) is 0 Å². The molecule has 9 heteroatoms. The van der Waals surface area contributed by atoms with E-state index >= 15 is 0 Å². The predicted molar refractivity (Wildman–Crippen MR) is 130 cm³/mol. The highest BCUT2D eigenvalue weighted by Crippen LogP contribution is 2.18. The number of anilines is 1. The number of rotatable bonds is 9. The van der Waals surface area contributed by atoms with E-state index in [1.807, 2.05) is 30.2 Å². The van der Waals surface area contributed by atoms with Gasteiger partial charge in [0.25, 0.3) is 0 Å². The van der Waals surface area contributed by atoms with Crippen molar-refractivity contribution in [2.45, 2.75) is 39.7 Å². The molecule has 2 aromatic heterocycles. The molecular formula is C23H39N9. The summed E-state index contributed by atoms with van der Waals surface area (Å²) in [4.78, 5) is 20.6. The molecule has 1 N–H and O–H groups in total. The summed E-state index contributed by atoms with van der Waals surface area (Å²) in [6.07, 6.45) is 6.79. The summed E-state index contributed by atoms with van der Waals surface area (Å²) in [6, 6.07) is 1.86. The highest BCUT2D eigenvalue weighted by Gasteiger charge is 2.18. The van der Waals surface area contributed by atoms with Crippen molar-refractivity contribution in [1.82, 2.24) is 34.9 Å². The van der Waals surface area contributed by atoms with Crippen molar-refractivity contribution in [2.75, 3.05) is 57.8 Å². The fraction of sp³-hybridized carbons (Fsp3) is 0.652. The highest BCUT2D eigenvalue weighted by atomic mass is 15.3. The van der Waals surface area contributed by atoms with Crippen LogP contribution in [0.5, 0.6) is 0 Å². The molecule has 0 amide bonds. The van der Waals surface area contributed by atoms with Gasteiger partial charge in [0.05, 0.1) is 5.69 Å². The number of nitrogens with one attached hydrogen (secondary N) is 1. The molecule has 3 heterocycles. The number of nitrogens with zero attached hydrogens (tertiary/aromatic N) is 8. The normalized spacial score (nSPS) is 15.4. The van der Waals surface area contributed by atoms with Gasteiger partial charge in [-0.2, -0.15) is 5.10 Å². The molecule has 9 nitrogen and oxygen atoms in total. The van der Waals surface area contributed by atoms with Crippen LogP contribution in [0, 0.1) is 0 Å². The van der Waals surface area contributed by atoms with E-state index < -0.39 is 0 Å². The van der Waals surface area contributed by atoms with Gasteiger partial charge in [-0.1, -0.05) is 13.8 Å². The molecule has 0 bridgehead atoms. The van der Waals surface area contributed by atoms with Gasteiger partial charge in [0.15, 0.2) is 5.96 Å². The number of aryl methyl sites for hydroxylation is 1. The van der Waals surface area contributed by atoms with Crippen LogP contribution in [0.3, 0.4) is 0 Å². The van der Waals surface area contributed by atoms with Crippen LogP contribution in [-0.4, -0.2) is 88.4 Å². The Morgan fingerprint density at radius 2 is 1.91 bits per heavy atom. The third-order valence-electron chi connectivity index (χ3n) is 5.69. The average molecular weight is 442 g/mol. The standard InChI is InChI=1S/C23H39N9/c1-6-24-22(29(4)17-20-18-30(5)28-21(20)19(2)3)25-11-8-12-31-13-15-32(16-14-31)23-26-9-7-10-27-23/h7,9-10,18-19H,6,8,11-17H2,1-5H3,(H,24,25). The van der Waals surface area contributed by atoms with Crippen molar-refractivity contribution in [1.29, 1.82) is 0 Å². The van der Waals surface area contributed by atoms with Gasteiger partial charge >= 0.3 is 0 Å². The second kappa shape index (κ2) is 11.8. The molecule has 3 rings (SSSR count). The highest BCUT2D eigenvalue weighted by molar-refractivity contribution is 5.79. The molecule has 0 aliphatic carbocycles. The molecule has 0 aromatic carbocycles. The first kappa shape index (κ1) is 24.0. The topological polar surface area (TPSA) is 77.7 Å². The molecule has 0 spiro atoms. The number of guanidine groups is 1. The van der Waals surface area contributed by atoms with Crippen LogP contribution < -0.4 is 10.2 Å². The van der Waals surface area contributed by atoms with Crippen LogP contribution in [0.4, 0.5) is 5.95 Å². The summed E-state index contributed by atoms with van der Waals surface area (Å²) in [5, 5.41) is 8.07. The van der Waals surface area contributed by atoms with E-state index in [2.05, 4.69) is 69.1 Å². The molecule has 176 valence electrons. The first-order valence-corrected chi connectivity index (χ1v) is 11.7. The van der Waals surface area contributed by atoms with Crippen molar-refractivity contribution >= 4 is 11.9 Å². The Morgan fingerprint density at radius 3 is 2.56 bits per heavy atom. The fourth-order valence-corrected chi connectivity index (χ4v) is 4.07. The minimum atomic E-state index is 0.410. The monoisotopic (exact) mass is 441 g/mol. The number of aromatic nitrogens is 4. The lowest BCUT2D eigenvalue weighted by atomic mass is 10.1. The number of hydrogen-bond acceptors (Lipinski definition) is 6. The predicted octanol–water partition coefficient (Wildman–Crippen LogP) is 1.94. The maximum absolute atomic E-state index is 4.88. The molecule has 0 saturated carbocycles. The van der Waals surface area contributed by atoms with Crippen molar-refractivity contribution < 1.29 is 0 Å². The van der Waals surface area contributed by atoms with Crippen LogP contribution in [0.25, 0.3) is 0 Å². The second-order valence-corrected chi connectivity index (χ2v) is 8.69. The number of aliphatic imine (C=N–C) groups is 1. The summed E-state index contributed by atoms with van der Waals surface area (Å²) >= 11 is 0. The third kappa shape index (κ3) is 6.66. The van der Waals surface area contributed by atoms with Gasteiger partial charge in [0.2, 0.25) is 5.95 Å². The zero-order valence-corrected chi connectivity index (χ0v) is 20.3. The summed E-state index contributed by atoms with van der Waals surface area (Å²) < 4.78 is 1.91. The zero-order chi connectivity index (χ0) is 22.9. The molecule has 0 atom stereocenters. The summed E-state index contributed by atoms with van der Waals surface area (Å²) in [7, 11) is 4.09. The first-order valence-electron chi connectivity index (χ1n) is 11.7. The molecule has 0 radical (unpaired) electrons. The lowest BCUT2D eigenvalue weighted by Crippen LogP contribution is -2.47. The number of hydrogen-bond donors (Lipinski definition) is 1. The SMILES string of the molecule is CCNC(=NCCCN1CCN(c2ncccn2)CC1)N(C)Cc1cn(C)nc1C(C)C. The first-order chi connectivity index (χ1) is 15.5. The van der Waals surface area contributed by atoms with Crippen molar-refractivity contribution in [2.24, 2.45) is 12.0 Å².